The van der Waals surface area contributed by atoms with Crippen molar-refractivity contribution in [2.45, 2.75) is 29.4 Å². The molecule has 0 aromatic heterocycles. The van der Waals surface area contributed by atoms with Gasteiger partial charge >= 0.3 is 0 Å². The third kappa shape index (κ3) is 2.19. The summed E-state index contributed by atoms with van der Waals surface area (Å²) < 4.78 is 0. The highest BCUT2D eigenvalue weighted by molar-refractivity contribution is 8.00. The Morgan fingerprint density at radius 3 is 2.76 bits per heavy atom. The molecule has 0 bridgehead atoms. The van der Waals surface area contributed by atoms with Crippen molar-refractivity contribution in [1.82, 2.24) is 0 Å². The van der Waals surface area contributed by atoms with Crippen molar-refractivity contribution < 1.29 is 4.79 Å². The van der Waals surface area contributed by atoms with E-state index in [1.165, 1.54) is 11.3 Å². The summed E-state index contributed by atoms with van der Waals surface area (Å²) in [7, 11) is 0. The number of thioether (sulfide) groups is 1. The maximum absolute atomic E-state index is 12.0. The van der Waals surface area contributed by atoms with Crippen molar-refractivity contribution in [2.24, 2.45) is 11.8 Å². The van der Waals surface area contributed by atoms with Gasteiger partial charge in [-0.1, -0.05) is 30.4 Å². The summed E-state index contributed by atoms with van der Waals surface area (Å²) >= 11 is 1.83. The molecule has 0 heterocycles. The number of fused-ring (bicyclic) bond motifs is 1. The lowest BCUT2D eigenvalue weighted by Crippen LogP contribution is -2.30. The van der Waals surface area contributed by atoms with Crippen molar-refractivity contribution in [1.29, 1.82) is 0 Å². The second-order valence-electron chi connectivity index (χ2n) is 4.83. The van der Waals surface area contributed by atoms with Crippen LogP contribution in [0.5, 0.6) is 0 Å². The molecule has 0 unspecified atom stereocenters. The zero-order valence-corrected chi connectivity index (χ0v) is 10.5. The van der Waals surface area contributed by atoms with E-state index in [0.29, 0.717) is 17.0 Å². The van der Waals surface area contributed by atoms with Crippen molar-refractivity contribution in [3.63, 3.8) is 0 Å². The molecular formula is C15H16OS. The molecule has 1 fully saturated rings. The topological polar surface area (TPSA) is 17.1 Å². The first-order chi connectivity index (χ1) is 8.34. The highest BCUT2D eigenvalue weighted by Crippen LogP contribution is 2.43. The SMILES string of the molecule is O=C1CCC[C@H]2C=C[C@@H](Sc3ccccc3)[C@@H]12. The van der Waals surface area contributed by atoms with Crippen LogP contribution in [0.25, 0.3) is 0 Å². The predicted octanol–water partition coefficient (Wildman–Crippen LogP) is 3.70. The largest absolute Gasteiger partial charge is 0.299 e. The van der Waals surface area contributed by atoms with Crippen LogP contribution in [0, 0.1) is 11.8 Å². The third-order valence-electron chi connectivity index (χ3n) is 3.71. The van der Waals surface area contributed by atoms with Gasteiger partial charge in [0.15, 0.2) is 0 Å². The molecule has 1 saturated carbocycles. The molecule has 0 amide bonds. The molecular weight excluding hydrogens is 228 g/mol. The fourth-order valence-electron chi connectivity index (χ4n) is 2.88. The monoisotopic (exact) mass is 244 g/mol. The molecule has 0 radical (unpaired) electrons. The number of Topliss-reactive ketones (excluding diaryl/α,β-unsaturated/α-hetero) is 1. The summed E-state index contributed by atoms with van der Waals surface area (Å²) in [6.07, 6.45) is 7.57. The van der Waals surface area contributed by atoms with Gasteiger partial charge in [0.1, 0.15) is 5.78 Å². The summed E-state index contributed by atoms with van der Waals surface area (Å²) in [6.45, 7) is 0. The predicted molar refractivity (Wildman–Crippen MR) is 71.1 cm³/mol. The Hall–Kier alpha value is -1.02. The van der Waals surface area contributed by atoms with Crippen LogP contribution in [-0.2, 0) is 4.79 Å². The first kappa shape index (κ1) is 11.1. The molecule has 0 N–H and O–H groups in total. The van der Waals surface area contributed by atoms with Crippen LogP contribution in [0.15, 0.2) is 47.4 Å². The van der Waals surface area contributed by atoms with Gasteiger partial charge in [0.2, 0.25) is 0 Å². The molecule has 3 rings (SSSR count). The van der Waals surface area contributed by atoms with Crippen LogP contribution in [0.2, 0.25) is 0 Å². The van der Waals surface area contributed by atoms with Gasteiger partial charge in [0, 0.05) is 22.5 Å². The summed E-state index contributed by atoms with van der Waals surface area (Å²) in [5.74, 6) is 1.23. The Bertz CT molecular complexity index is 437. The van der Waals surface area contributed by atoms with E-state index >= 15 is 0 Å². The molecule has 0 spiro atoms. The quantitative estimate of drug-likeness (QED) is 0.738. The van der Waals surface area contributed by atoms with E-state index in [-0.39, 0.29) is 5.92 Å². The van der Waals surface area contributed by atoms with Crippen LogP contribution in [0.3, 0.4) is 0 Å². The van der Waals surface area contributed by atoms with Crippen molar-refractivity contribution in [3.05, 3.63) is 42.5 Å². The number of allylic oxidation sites excluding steroid dienone is 1. The van der Waals surface area contributed by atoms with Gasteiger partial charge in [-0.05, 0) is 30.9 Å². The third-order valence-corrected chi connectivity index (χ3v) is 4.98. The molecule has 1 aromatic carbocycles. The molecule has 0 saturated heterocycles. The van der Waals surface area contributed by atoms with Gasteiger partial charge in [0.25, 0.3) is 0 Å². The van der Waals surface area contributed by atoms with Gasteiger partial charge in [-0.15, -0.1) is 11.8 Å². The average molecular weight is 244 g/mol. The Morgan fingerprint density at radius 2 is 1.94 bits per heavy atom. The van der Waals surface area contributed by atoms with Gasteiger partial charge < -0.3 is 0 Å². The van der Waals surface area contributed by atoms with E-state index in [2.05, 4.69) is 36.4 Å². The molecule has 17 heavy (non-hydrogen) atoms. The number of benzene rings is 1. The summed E-state index contributed by atoms with van der Waals surface area (Å²) in [5.41, 5.74) is 0. The molecule has 2 aliphatic carbocycles. The van der Waals surface area contributed by atoms with E-state index in [0.717, 1.165) is 12.8 Å². The van der Waals surface area contributed by atoms with E-state index in [4.69, 9.17) is 0 Å². The van der Waals surface area contributed by atoms with Gasteiger partial charge in [-0.3, -0.25) is 4.79 Å². The van der Waals surface area contributed by atoms with Crippen molar-refractivity contribution in [2.75, 3.05) is 0 Å². The van der Waals surface area contributed by atoms with E-state index in [1.807, 2.05) is 17.8 Å². The first-order valence-corrected chi connectivity index (χ1v) is 7.15. The van der Waals surface area contributed by atoms with Crippen LogP contribution in [0.4, 0.5) is 0 Å². The van der Waals surface area contributed by atoms with Crippen LogP contribution in [-0.4, -0.2) is 11.0 Å². The minimum Gasteiger partial charge on any atom is -0.299 e. The van der Waals surface area contributed by atoms with Crippen LogP contribution in [0.1, 0.15) is 19.3 Å². The maximum atomic E-state index is 12.0. The molecule has 2 heteroatoms. The number of rotatable bonds is 2. The first-order valence-electron chi connectivity index (χ1n) is 6.27. The lowest BCUT2D eigenvalue weighted by atomic mass is 9.80. The maximum Gasteiger partial charge on any atom is 0.138 e. The number of hydrogen-bond acceptors (Lipinski definition) is 2. The zero-order chi connectivity index (χ0) is 11.7. The van der Waals surface area contributed by atoms with Gasteiger partial charge in [-0.2, -0.15) is 0 Å². The lowest BCUT2D eigenvalue weighted by molar-refractivity contribution is -0.125. The highest BCUT2D eigenvalue weighted by Gasteiger charge is 2.39. The summed E-state index contributed by atoms with van der Waals surface area (Å²) in [5, 5.41) is 0.357. The van der Waals surface area contributed by atoms with Gasteiger partial charge in [0.05, 0.1) is 0 Å². The van der Waals surface area contributed by atoms with Crippen LogP contribution >= 0.6 is 11.8 Å². The second-order valence-corrected chi connectivity index (χ2v) is 6.08. The zero-order valence-electron chi connectivity index (χ0n) is 9.71. The Kier molecular flexibility index (Phi) is 3.06. The van der Waals surface area contributed by atoms with E-state index in [1.54, 1.807) is 0 Å². The van der Waals surface area contributed by atoms with E-state index in [9.17, 15) is 4.79 Å². The normalized spacial score (nSPS) is 31.5. The lowest BCUT2D eigenvalue weighted by Gasteiger charge is -2.27. The fraction of sp³-hybridized carbons (Fsp3) is 0.400. The number of carbonyl (C=O) groups is 1. The Morgan fingerprint density at radius 1 is 1.12 bits per heavy atom. The summed E-state index contributed by atoms with van der Waals surface area (Å²) in [6, 6.07) is 10.4. The van der Waals surface area contributed by atoms with E-state index < -0.39 is 0 Å². The minimum absolute atomic E-state index is 0.244. The fourth-order valence-corrected chi connectivity index (χ4v) is 4.18. The highest BCUT2D eigenvalue weighted by atomic mass is 32.2. The van der Waals surface area contributed by atoms with Gasteiger partial charge in [-0.25, -0.2) is 0 Å². The number of carbonyl (C=O) groups excluding carboxylic acids is 1. The molecule has 1 nitrogen and oxygen atoms in total. The minimum atomic E-state index is 0.244. The second kappa shape index (κ2) is 4.69. The number of hydrogen-bond donors (Lipinski definition) is 0. The van der Waals surface area contributed by atoms with Crippen molar-refractivity contribution in [3.8, 4) is 0 Å². The summed E-state index contributed by atoms with van der Waals surface area (Å²) in [4.78, 5) is 13.3. The Balaban J connectivity index is 1.76. The van der Waals surface area contributed by atoms with Crippen LogP contribution < -0.4 is 0 Å². The molecule has 1 aromatic rings. The Labute approximate surface area is 106 Å². The molecule has 0 aliphatic heterocycles. The van der Waals surface area contributed by atoms with Crippen molar-refractivity contribution >= 4 is 17.5 Å². The number of ketones is 1. The molecule has 3 atom stereocenters. The standard InChI is InChI=1S/C15H16OS/c16-13-8-4-5-11-9-10-14(15(11)13)17-12-6-2-1-3-7-12/h1-3,6-7,9-11,14-15H,4-5,8H2/t11-,14+,15+/m0/s1. The smallest absolute Gasteiger partial charge is 0.138 e. The molecule has 88 valence electrons. The average Bonchev–Trinajstić information content (AvgIpc) is 2.75. The molecule has 2 aliphatic rings.